The molecule has 100 valence electrons. The lowest BCUT2D eigenvalue weighted by Crippen LogP contribution is -2.40. The van der Waals surface area contributed by atoms with Crippen LogP contribution in [0.3, 0.4) is 0 Å². The van der Waals surface area contributed by atoms with Gasteiger partial charge in [-0.25, -0.2) is 19.0 Å². The molecule has 1 N–H and O–H groups in total. The Hall–Kier alpha value is -2.71. The third-order valence-corrected chi connectivity index (χ3v) is 2.65. The molecule has 0 saturated heterocycles. The molecule has 2 heterocycles. The van der Waals surface area contributed by atoms with Crippen molar-refractivity contribution in [2.75, 3.05) is 0 Å². The molecule has 2 aromatic heterocycles. The highest BCUT2D eigenvalue weighted by Gasteiger charge is 2.17. The molecule has 19 heavy (non-hydrogen) atoms. The van der Waals surface area contributed by atoms with E-state index in [1.807, 2.05) is 0 Å². The lowest BCUT2D eigenvalue weighted by molar-refractivity contribution is 0.0696. The van der Waals surface area contributed by atoms with E-state index < -0.39 is 17.2 Å². The molecule has 0 bridgehead atoms. The van der Waals surface area contributed by atoms with Gasteiger partial charge in [0.25, 0.3) is 0 Å². The van der Waals surface area contributed by atoms with Gasteiger partial charge < -0.3 is 5.11 Å². The van der Waals surface area contributed by atoms with Crippen molar-refractivity contribution in [1.82, 2.24) is 24.1 Å². The highest BCUT2D eigenvalue weighted by atomic mass is 16.4. The Bertz CT molecular complexity index is 782. The van der Waals surface area contributed by atoms with Crippen molar-refractivity contribution in [3.05, 3.63) is 38.3 Å². The van der Waals surface area contributed by atoms with Gasteiger partial charge in [-0.05, 0) is 6.92 Å². The van der Waals surface area contributed by atoms with Gasteiger partial charge in [0.2, 0.25) is 5.82 Å². The van der Waals surface area contributed by atoms with Crippen molar-refractivity contribution < 1.29 is 9.90 Å². The summed E-state index contributed by atoms with van der Waals surface area (Å²) in [4.78, 5) is 34.3. The van der Waals surface area contributed by atoms with Crippen LogP contribution < -0.4 is 11.2 Å². The summed E-state index contributed by atoms with van der Waals surface area (Å²) in [5.41, 5.74) is -0.999. The van der Waals surface area contributed by atoms with Gasteiger partial charge >= 0.3 is 17.2 Å². The fourth-order valence-corrected chi connectivity index (χ4v) is 1.60. The van der Waals surface area contributed by atoms with Crippen molar-refractivity contribution >= 4 is 5.97 Å². The van der Waals surface area contributed by atoms with Crippen molar-refractivity contribution in [3.63, 3.8) is 0 Å². The zero-order chi connectivity index (χ0) is 14.3. The number of carboxylic acid groups (broad SMARTS) is 1. The Morgan fingerprint density at radius 3 is 2.42 bits per heavy atom. The number of carbonyl (C=O) groups is 1. The second-order valence-corrected chi connectivity index (χ2v) is 3.97. The average molecular weight is 265 g/mol. The number of hydrogen-bond donors (Lipinski definition) is 1. The van der Waals surface area contributed by atoms with E-state index >= 15 is 0 Å². The van der Waals surface area contributed by atoms with E-state index in [-0.39, 0.29) is 17.1 Å². The maximum absolute atomic E-state index is 11.9. The van der Waals surface area contributed by atoms with Gasteiger partial charge in [-0.2, -0.15) is 5.10 Å². The second-order valence-electron chi connectivity index (χ2n) is 3.97. The highest BCUT2D eigenvalue weighted by Crippen LogP contribution is 2.07. The summed E-state index contributed by atoms with van der Waals surface area (Å²) in [6.07, 6.45) is 1.19. The summed E-state index contributed by atoms with van der Waals surface area (Å²) in [7, 11) is 2.70. The molecule has 9 heteroatoms. The van der Waals surface area contributed by atoms with Crippen molar-refractivity contribution in [1.29, 1.82) is 0 Å². The number of aryl methyl sites for hydroxylation is 2. The minimum atomic E-state index is -1.15. The number of rotatable bonds is 2. The predicted octanol–water partition coefficient (Wildman–Crippen LogP) is -1.33. The average Bonchev–Trinajstić information content (AvgIpc) is 2.73. The predicted molar refractivity (Wildman–Crippen MR) is 63.5 cm³/mol. The first-order valence-electron chi connectivity index (χ1n) is 5.27. The lowest BCUT2D eigenvalue weighted by atomic mass is 10.3. The van der Waals surface area contributed by atoms with Gasteiger partial charge in [-0.1, -0.05) is 0 Å². The summed E-state index contributed by atoms with van der Waals surface area (Å²) in [5, 5.41) is 16.7. The molecule has 0 radical (unpaired) electrons. The summed E-state index contributed by atoms with van der Waals surface area (Å²) in [6, 6.07) is 0. The van der Waals surface area contributed by atoms with Gasteiger partial charge in [-0.3, -0.25) is 9.36 Å². The van der Waals surface area contributed by atoms with Crippen LogP contribution in [0.25, 0.3) is 5.82 Å². The van der Waals surface area contributed by atoms with Crippen LogP contribution in [-0.4, -0.2) is 35.2 Å². The van der Waals surface area contributed by atoms with E-state index in [2.05, 4.69) is 10.2 Å². The van der Waals surface area contributed by atoms with E-state index in [0.717, 1.165) is 13.9 Å². The van der Waals surface area contributed by atoms with Crippen LogP contribution >= 0.6 is 0 Å². The van der Waals surface area contributed by atoms with E-state index in [1.54, 1.807) is 0 Å². The fraction of sp³-hybridized carbons (Fsp3) is 0.300. The molecule has 0 amide bonds. The first kappa shape index (κ1) is 12.7. The largest absolute Gasteiger partial charge is 0.478 e. The molecule has 0 spiro atoms. The van der Waals surface area contributed by atoms with Crippen molar-refractivity contribution in [2.45, 2.75) is 6.92 Å². The maximum atomic E-state index is 11.9. The quantitative estimate of drug-likeness (QED) is 0.720. The van der Waals surface area contributed by atoms with Gasteiger partial charge in [0.15, 0.2) is 0 Å². The number of carboxylic acids is 1. The third kappa shape index (κ3) is 1.94. The molecule has 0 saturated carbocycles. The molecule has 0 aliphatic rings. The van der Waals surface area contributed by atoms with Crippen LogP contribution in [0.15, 0.2) is 15.8 Å². The monoisotopic (exact) mass is 265 g/mol. The molecule has 2 aromatic rings. The van der Waals surface area contributed by atoms with Gasteiger partial charge in [0.05, 0.1) is 5.69 Å². The SMILES string of the molecule is Cc1nn(-c2nn(C)c(=O)n(C)c2=O)cc1C(=O)O. The summed E-state index contributed by atoms with van der Waals surface area (Å²) in [5.74, 6) is -1.29. The Morgan fingerprint density at radius 1 is 1.26 bits per heavy atom. The second kappa shape index (κ2) is 4.19. The van der Waals surface area contributed by atoms with E-state index in [9.17, 15) is 14.4 Å². The lowest BCUT2D eigenvalue weighted by Gasteiger charge is -2.04. The summed E-state index contributed by atoms with van der Waals surface area (Å²) >= 11 is 0. The number of aromatic carboxylic acids is 1. The van der Waals surface area contributed by atoms with E-state index in [4.69, 9.17) is 5.11 Å². The van der Waals surface area contributed by atoms with Gasteiger partial charge in [-0.15, -0.1) is 5.10 Å². The van der Waals surface area contributed by atoms with E-state index in [1.165, 1.54) is 27.2 Å². The first-order chi connectivity index (χ1) is 8.82. The number of nitrogens with zero attached hydrogens (tertiary/aromatic N) is 5. The molecular weight excluding hydrogens is 254 g/mol. The van der Waals surface area contributed by atoms with Crippen LogP contribution in [0.2, 0.25) is 0 Å². The molecule has 0 aliphatic heterocycles. The summed E-state index contributed by atoms with van der Waals surface area (Å²) in [6.45, 7) is 1.51. The normalized spacial score (nSPS) is 10.7. The Labute approximate surface area is 106 Å². The molecule has 0 aliphatic carbocycles. The number of aromatic nitrogens is 5. The molecule has 9 nitrogen and oxygen atoms in total. The minimum absolute atomic E-state index is 0.0299. The highest BCUT2D eigenvalue weighted by molar-refractivity contribution is 5.88. The molecule has 0 atom stereocenters. The van der Waals surface area contributed by atoms with Crippen LogP contribution in [0.1, 0.15) is 16.1 Å². The van der Waals surface area contributed by atoms with Crippen molar-refractivity contribution in [2.24, 2.45) is 14.1 Å². The molecule has 0 fully saturated rings. The Kier molecular flexibility index (Phi) is 2.81. The fourth-order valence-electron chi connectivity index (χ4n) is 1.60. The Morgan fingerprint density at radius 2 is 1.89 bits per heavy atom. The Balaban J connectivity index is 2.73. The molecular formula is C10H11N5O4. The van der Waals surface area contributed by atoms with Crippen LogP contribution in [0.5, 0.6) is 0 Å². The van der Waals surface area contributed by atoms with Crippen LogP contribution in [0, 0.1) is 6.92 Å². The first-order valence-corrected chi connectivity index (χ1v) is 5.27. The molecule has 2 rings (SSSR count). The van der Waals surface area contributed by atoms with Crippen LogP contribution in [0.4, 0.5) is 0 Å². The zero-order valence-corrected chi connectivity index (χ0v) is 10.5. The van der Waals surface area contributed by atoms with Gasteiger partial charge in [0, 0.05) is 20.3 Å². The maximum Gasteiger partial charge on any atom is 0.346 e. The zero-order valence-electron chi connectivity index (χ0n) is 10.5. The van der Waals surface area contributed by atoms with Gasteiger partial charge in [0.1, 0.15) is 5.56 Å². The van der Waals surface area contributed by atoms with Crippen molar-refractivity contribution in [3.8, 4) is 5.82 Å². The standard InChI is InChI=1S/C10H11N5O4/c1-5-6(9(17)18)4-15(11-5)7-8(16)13(2)10(19)14(3)12-7/h4H,1-3H3,(H,17,18). The molecule has 0 aromatic carbocycles. The smallest absolute Gasteiger partial charge is 0.346 e. The molecule has 0 unspecified atom stereocenters. The minimum Gasteiger partial charge on any atom is -0.478 e. The topological polar surface area (TPSA) is 112 Å². The van der Waals surface area contributed by atoms with Crippen LogP contribution in [-0.2, 0) is 14.1 Å². The number of hydrogen-bond acceptors (Lipinski definition) is 5. The third-order valence-electron chi connectivity index (χ3n) is 2.65. The van der Waals surface area contributed by atoms with E-state index in [0.29, 0.717) is 0 Å². The summed E-state index contributed by atoms with van der Waals surface area (Å²) < 4.78 is 2.91.